The van der Waals surface area contributed by atoms with Gasteiger partial charge in [-0.05, 0) is 24.3 Å². The van der Waals surface area contributed by atoms with E-state index >= 15 is 0 Å². The molecule has 0 radical (unpaired) electrons. The van der Waals surface area contributed by atoms with Gasteiger partial charge in [0, 0.05) is 0 Å². The summed E-state index contributed by atoms with van der Waals surface area (Å²) in [7, 11) is 0. The van der Waals surface area contributed by atoms with Gasteiger partial charge in [0.05, 0.1) is 11.1 Å². The fourth-order valence-corrected chi connectivity index (χ4v) is 3.38. The number of halogens is 2. The Kier molecular flexibility index (Phi) is 6.29. The third kappa shape index (κ3) is 4.44. The summed E-state index contributed by atoms with van der Waals surface area (Å²) in [6.45, 7) is -0.0776. The van der Waals surface area contributed by atoms with Gasteiger partial charge in [-0.3, -0.25) is 0 Å². The summed E-state index contributed by atoms with van der Waals surface area (Å²) in [5, 5.41) is -1.12. The van der Waals surface area contributed by atoms with Crippen molar-refractivity contribution in [2.45, 2.75) is 22.6 Å². The molecule has 0 aromatic heterocycles. The molecule has 1 aliphatic rings. The molecule has 7 heteroatoms. The van der Waals surface area contributed by atoms with Crippen LogP contribution < -0.4 is 0 Å². The molecule has 1 heterocycles. The Bertz CT molecular complexity index is 755. The maximum absolute atomic E-state index is 12.3. The number of ether oxygens (including phenoxy) is 3. The summed E-state index contributed by atoms with van der Waals surface area (Å²) in [5.74, 6) is -0.989. The molecule has 1 saturated heterocycles. The lowest BCUT2D eigenvalue weighted by Gasteiger charge is -2.20. The fraction of sp³-hybridized carbons (Fsp3) is 0.263. The third-order valence-electron chi connectivity index (χ3n) is 3.88. The minimum Gasteiger partial charge on any atom is -0.459 e. The van der Waals surface area contributed by atoms with Crippen molar-refractivity contribution < 1.29 is 23.8 Å². The molecule has 2 aromatic rings. The van der Waals surface area contributed by atoms with E-state index in [1.165, 1.54) is 0 Å². The highest BCUT2D eigenvalue weighted by Gasteiger charge is 2.45. The molecule has 1 aliphatic heterocycles. The molecule has 26 heavy (non-hydrogen) atoms. The van der Waals surface area contributed by atoms with E-state index in [4.69, 9.17) is 25.8 Å². The lowest BCUT2D eigenvalue weighted by Crippen LogP contribution is -2.36. The van der Waals surface area contributed by atoms with Gasteiger partial charge in [0.15, 0.2) is 6.10 Å². The van der Waals surface area contributed by atoms with Gasteiger partial charge >= 0.3 is 11.9 Å². The van der Waals surface area contributed by atoms with Crippen LogP contribution in [0.3, 0.4) is 0 Å². The van der Waals surface area contributed by atoms with E-state index in [-0.39, 0.29) is 6.61 Å². The maximum Gasteiger partial charge on any atom is 0.338 e. The molecule has 4 atom stereocenters. The third-order valence-corrected chi connectivity index (χ3v) is 5.44. The number of alkyl halides is 2. The molecule has 0 bridgehead atoms. The molecule has 0 aliphatic carbocycles. The molecule has 0 N–H and O–H groups in total. The van der Waals surface area contributed by atoms with Crippen molar-refractivity contribution >= 4 is 39.5 Å². The van der Waals surface area contributed by atoms with Crippen LogP contribution in [-0.2, 0) is 14.2 Å². The van der Waals surface area contributed by atoms with E-state index < -0.39 is 34.5 Å². The monoisotopic (exact) mass is 438 g/mol. The molecule has 0 amide bonds. The average molecular weight is 440 g/mol. The SMILES string of the molecule is O=C(OC[C@H]1O[C@H](Br)[C@@H](Cl)[C@@H]1OC(=O)c1ccccc1)c1ccccc1. The van der Waals surface area contributed by atoms with Crippen molar-refractivity contribution in [1.82, 2.24) is 0 Å². The molecular formula is C19H16BrClO5. The van der Waals surface area contributed by atoms with E-state index in [1.54, 1.807) is 54.6 Å². The Morgan fingerprint density at radius 2 is 1.50 bits per heavy atom. The topological polar surface area (TPSA) is 61.8 Å². The zero-order chi connectivity index (χ0) is 18.5. The maximum atomic E-state index is 12.3. The van der Waals surface area contributed by atoms with Crippen LogP contribution in [0.2, 0.25) is 0 Å². The van der Waals surface area contributed by atoms with Gasteiger partial charge in [0.2, 0.25) is 0 Å². The second-order valence-corrected chi connectivity index (χ2v) is 7.08. The van der Waals surface area contributed by atoms with Crippen molar-refractivity contribution in [3.63, 3.8) is 0 Å². The van der Waals surface area contributed by atoms with Crippen LogP contribution in [0.4, 0.5) is 0 Å². The van der Waals surface area contributed by atoms with E-state index in [2.05, 4.69) is 15.9 Å². The number of carbonyl (C=O) groups excluding carboxylic acids is 2. The Labute approximate surface area is 164 Å². The second kappa shape index (κ2) is 8.66. The van der Waals surface area contributed by atoms with Crippen molar-refractivity contribution in [3.8, 4) is 0 Å². The molecule has 3 rings (SSSR count). The van der Waals surface area contributed by atoms with Crippen LogP contribution >= 0.6 is 27.5 Å². The van der Waals surface area contributed by atoms with Crippen molar-refractivity contribution in [1.29, 1.82) is 0 Å². The Morgan fingerprint density at radius 1 is 0.962 bits per heavy atom. The van der Waals surface area contributed by atoms with Crippen molar-refractivity contribution in [2.24, 2.45) is 0 Å². The summed E-state index contributed by atoms with van der Waals surface area (Å²) >= 11 is 9.59. The highest BCUT2D eigenvalue weighted by Crippen LogP contribution is 2.32. The summed E-state index contributed by atoms with van der Waals surface area (Å²) in [4.78, 5) is 24.4. The first-order chi connectivity index (χ1) is 12.6. The predicted molar refractivity (Wildman–Crippen MR) is 99.6 cm³/mol. The van der Waals surface area contributed by atoms with E-state index in [1.807, 2.05) is 6.07 Å². The molecule has 136 valence electrons. The molecule has 0 unspecified atom stereocenters. The van der Waals surface area contributed by atoms with Gasteiger partial charge in [0.25, 0.3) is 0 Å². The number of hydrogen-bond donors (Lipinski definition) is 0. The zero-order valence-electron chi connectivity index (χ0n) is 13.6. The molecule has 5 nitrogen and oxygen atoms in total. The Balaban J connectivity index is 1.63. The summed E-state index contributed by atoms with van der Waals surface area (Å²) in [6, 6.07) is 17.2. The fourth-order valence-electron chi connectivity index (χ4n) is 2.53. The van der Waals surface area contributed by atoms with Crippen LogP contribution in [0.25, 0.3) is 0 Å². The Hall–Kier alpha value is -1.89. The standard InChI is InChI=1S/C19H16BrClO5/c20-17-15(21)16(26-19(23)13-9-5-2-6-10-13)14(25-17)11-24-18(22)12-7-3-1-4-8-12/h1-10,14-17H,11H2/t14-,15+,16-,17+/m1/s1. The number of benzene rings is 2. The molecule has 0 spiro atoms. The zero-order valence-corrected chi connectivity index (χ0v) is 15.9. The smallest absolute Gasteiger partial charge is 0.338 e. The van der Waals surface area contributed by atoms with E-state index in [9.17, 15) is 9.59 Å². The van der Waals surface area contributed by atoms with Gasteiger partial charge in [-0.1, -0.05) is 52.3 Å². The van der Waals surface area contributed by atoms with E-state index in [0.29, 0.717) is 11.1 Å². The summed E-state index contributed by atoms with van der Waals surface area (Å²) < 4.78 is 16.4. The average Bonchev–Trinajstić information content (AvgIpc) is 2.95. The number of carbonyl (C=O) groups is 2. The van der Waals surface area contributed by atoms with Crippen LogP contribution in [0, 0.1) is 0 Å². The first-order valence-electron chi connectivity index (χ1n) is 7.98. The first kappa shape index (κ1) is 18.9. The van der Waals surface area contributed by atoms with Crippen LogP contribution in [0.15, 0.2) is 60.7 Å². The largest absolute Gasteiger partial charge is 0.459 e. The van der Waals surface area contributed by atoms with Crippen molar-refractivity contribution in [3.05, 3.63) is 71.8 Å². The Morgan fingerprint density at radius 3 is 2.08 bits per heavy atom. The van der Waals surface area contributed by atoms with E-state index in [0.717, 1.165) is 0 Å². The minimum atomic E-state index is -0.752. The molecule has 2 aromatic carbocycles. The summed E-state index contributed by atoms with van der Waals surface area (Å²) in [6.07, 6.45) is -1.42. The van der Waals surface area contributed by atoms with Crippen molar-refractivity contribution in [2.75, 3.05) is 6.61 Å². The van der Waals surface area contributed by atoms with Gasteiger partial charge < -0.3 is 14.2 Å². The van der Waals surface area contributed by atoms with Crippen LogP contribution in [0.1, 0.15) is 20.7 Å². The van der Waals surface area contributed by atoms with Crippen LogP contribution in [0.5, 0.6) is 0 Å². The number of hydrogen-bond acceptors (Lipinski definition) is 5. The summed E-state index contributed by atoms with van der Waals surface area (Å²) in [5.41, 5.74) is 0.843. The highest BCUT2D eigenvalue weighted by molar-refractivity contribution is 9.09. The normalized spacial score (nSPS) is 24.8. The first-order valence-corrected chi connectivity index (χ1v) is 9.33. The molecule has 1 fully saturated rings. The molecular weight excluding hydrogens is 424 g/mol. The lowest BCUT2D eigenvalue weighted by atomic mass is 10.1. The molecule has 0 saturated carbocycles. The predicted octanol–water partition coefficient (Wildman–Crippen LogP) is 3.80. The van der Waals surface area contributed by atoms with Gasteiger partial charge in [-0.25, -0.2) is 9.59 Å². The van der Waals surface area contributed by atoms with Crippen LogP contribution in [-0.4, -0.2) is 41.1 Å². The minimum absolute atomic E-state index is 0.0776. The quantitative estimate of drug-likeness (QED) is 0.524. The highest BCUT2D eigenvalue weighted by atomic mass is 79.9. The lowest BCUT2D eigenvalue weighted by molar-refractivity contribution is -0.0307. The second-order valence-electron chi connectivity index (χ2n) is 5.67. The number of esters is 2. The van der Waals surface area contributed by atoms with Gasteiger partial charge in [0.1, 0.15) is 23.1 Å². The number of rotatable bonds is 5. The van der Waals surface area contributed by atoms with Gasteiger partial charge in [-0.2, -0.15) is 0 Å². The van der Waals surface area contributed by atoms with Gasteiger partial charge in [-0.15, -0.1) is 11.6 Å².